The summed E-state index contributed by atoms with van der Waals surface area (Å²) in [5.74, 6) is 0.487. The molecule has 0 fully saturated rings. The van der Waals surface area contributed by atoms with Crippen molar-refractivity contribution in [3.63, 3.8) is 0 Å². The molecule has 0 aliphatic heterocycles. The molecule has 6 nitrogen and oxygen atoms in total. The minimum absolute atomic E-state index is 0.00412. The molecule has 0 aliphatic rings. The summed E-state index contributed by atoms with van der Waals surface area (Å²) in [6, 6.07) is 15.8. The van der Waals surface area contributed by atoms with Gasteiger partial charge in [-0.2, -0.15) is 0 Å². The fourth-order valence-corrected chi connectivity index (χ4v) is 4.57. The fourth-order valence-electron chi connectivity index (χ4n) is 3.09. The number of rotatable bonds is 8. The van der Waals surface area contributed by atoms with E-state index in [1.807, 2.05) is 29.0 Å². The average Bonchev–Trinajstić information content (AvgIpc) is 3.54. The molecule has 4 rings (SSSR count). The van der Waals surface area contributed by atoms with Crippen molar-refractivity contribution < 1.29 is 23.8 Å². The minimum Gasteiger partial charge on any atom is -0.493 e. The van der Waals surface area contributed by atoms with Crippen LogP contribution < -0.4 is 9.47 Å². The molecular weight excluding hydrogens is 446 g/mol. The number of ketones is 1. The van der Waals surface area contributed by atoms with Gasteiger partial charge in [0.2, 0.25) is 5.78 Å². The number of nitrogens with zero attached hydrogens (tertiary/aromatic N) is 1. The van der Waals surface area contributed by atoms with Gasteiger partial charge in [0.05, 0.1) is 30.4 Å². The van der Waals surface area contributed by atoms with Crippen LogP contribution in [-0.4, -0.2) is 31.0 Å². The highest BCUT2D eigenvalue weighted by Gasteiger charge is 2.20. The molecule has 0 aliphatic carbocycles. The third-order valence-electron chi connectivity index (χ3n) is 4.67. The van der Waals surface area contributed by atoms with Gasteiger partial charge in [-0.25, -0.2) is 9.78 Å². The normalized spacial score (nSPS) is 10.6. The lowest BCUT2D eigenvalue weighted by atomic mass is 10.0. The highest BCUT2D eigenvalue weighted by atomic mass is 32.1. The molecule has 0 bridgehead atoms. The van der Waals surface area contributed by atoms with Crippen molar-refractivity contribution in [3.8, 4) is 22.1 Å². The SMILES string of the molecule is COc1ccc(-c2nc(COC(=O)c3ccccc3C(=O)c3cccs3)cs2)cc1OC. The van der Waals surface area contributed by atoms with Gasteiger partial charge in [0, 0.05) is 16.5 Å². The van der Waals surface area contributed by atoms with E-state index in [-0.39, 0.29) is 18.0 Å². The minimum atomic E-state index is -0.564. The molecule has 2 aromatic heterocycles. The first-order valence-corrected chi connectivity index (χ1v) is 11.4. The predicted octanol–water partition coefficient (Wildman–Crippen LogP) is 5.48. The molecule has 0 radical (unpaired) electrons. The monoisotopic (exact) mass is 465 g/mol. The molecule has 2 heterocycles. The number of hydrogen-bond acceptors (Lipinski definition) is 8. The van der Waals surface area contributed by atoms with Crippen molar-refractivity contribution in [1.82, 2.24) is 4.98 Å². The summed E-state index contributed by atoms with van der Waals surface area (Å²) in [4.78, 5) is 30.6. The molecule has 0 spiro atoms. The predicted molar refractivity (Wildman–Crippen MR) is 124 cm³/mol. The van der Waals surface area contributed by atoms with Crippen LogP contribution in [0.25, 0.3) is 10.6 Å². The first kappa shape index (κ1) is 21.7. The van der Waals surface area contributed by atoms with E-state index in [9.17, 15) is 9.59 Å². The van der Waals surface area contributed by atoms with E-state index < -0.39 is 5.97 Å². The number of ether oxygens (including phenoxy) is 3. The molecule has 0 atom stereocenters. The molecule has 32 heavy (non-hydrogen) atoms. The van der Waals surface area contributed by atoms with Crippen LogP contribution in [0.2, 0.25) is 0 Å². The van der Waals surface area contributed by atoms with E-state index in [0.717, 1.165) is 10.6 Å². The Bertz CT molecular complexity index is 1250. The molecule has 8 heteroatoms. The maximum absolute atomic E-state index is 12.7. The lowest BCUT2D eigenvalue weighted by Crippen LogP contribution is -2.12. The molecule has 4 aromatic rings. The number of benzene rings is 2. The highest BCUT2D eigenvalue weighted by Crippen LogP contribution is 2.33. The van der Waals surface area contributed by atoms with E-state index >= 15 is 0 Å². The summed E-state index contributed by atoms with van der Waals surface area (Å²) in [7, 11) is 3.16. The van der Waals surface area contributed by atoms with Gasteiger partial charge in [0.15, 0.2) is 11.5 Å². The molecule has 162 valence electrons. The molecular formula is C24H19NO5S2. The second-order valence-corrected chi connectivity index (χ2v) is 8.45. The third-order valence-corrected chi connectivity index (χ3v) is 6.48. The standard InChI is InChI=1S/C24H19NO5S2/c1-28-19-10-9-15(12-20(19)29-2)23-25-16(14-32-23)13-30-24(27)18-7-4-3-6-17(18)22(26)21-8-5-11-31-21/h3-12,14H,13H2,1-2H3. The van der Waals surface area contributed by atoms with Gasteiger partial charge >= 0.3 is 5.97 Å². The largest absolute Gasteiger partial charge is 0.493 e. The Hall–Kier alpha value is -3.49. The second kappa shape index (κ2) is 9.76. The lowest BCUT2D eigenvalue weighted by molar-refractivity contribution is 0.0466. The van der Waals surface area contributed by atoms with Crippen molar-refractivity contribution in [2.45, 2.75) is 6.61 Å². The Morgan fingerprint density at radius 3 is 2.41 bits per heavy atom. The summed E-state index contributed by atoms with van der Waals surface area (Å²) in [5.41, 5.74) is 2.05. The van der Waals surface area contributed by atoms with Crippen LogP contribution in [0.1, 0.15) is 31.3 Å². The van der Waals surface area contributed by atoms with Crippen molar-refractivity contribution in [3.05, 3.63) is 87.1 Å². The molecule has 2 aromatic carbocycles. The Morgan fingerprint density at radius 1 is 0.906 bits per heavy atom. The average molecular weight is 466 g/mol. The number of methoxy groups -OCH3 is 2. The molecule has 0 unspecified atom stereocenters. The Morgan fingerprint density at radius 2 is 1.69 bits per heavy atom. The first-order valence-electron chi connectivity index (χ1n) is 9.62. The van der Waals surface area contributed by atoms with Gasteiger partial charge in [-0.05, 0) is 35.7 Å². The van der Waals surface area contributed by atoms with Gasteiger partial charge in [-0.3, -0.25) is 4.79 Å². The van der Waals surface area contributed by atoms with Crippen LogP contribution in [0.4, 0.5) is 0 Å². The smallest absolute Gasteiger partial charge is 0.339 e. The Balaban J connectivity index is 1.47. The zero-order valence-electron chi connectivity index (χ0n) is 17.4. The van der Waals surface area contributed by atoms with Gasteiger partial charge in [0.25, 0.3) is 0 Å². The van der Waals surface area contributed by atoms with E-state index in [4.69, 9.17) is 14.2 Å². The van der Waals surface area contributed by atoms with Crippen molar-refractivity contribution >= 4 is 34.4 Å². The number of carbonyl (C=O) groups excluding carboxylic acids is 2. The molecule has 0 saturated carbocycles. The third kappa shape index (κ3) is 4.56. The fraction of sp³-hybridized carbons (Fsp3) is 0.125. The second-order valence-electron chi connectivity index (χ2n) is 6.64. The van der Waals surface area contributed by atoms with Crippen LogP contribution in [0.15, 0.2) is 65.4 Å². The Kier molecular flexibility index (Phi) is 6.63. The number of thiazole rings is 1. The van der Waals surface area contributed by atoms with E-state index in [2.05, 4.69) is 4.98 Å². The van der Waals surface area contributed by atoms with Gasteiger partial charge in [-0.15, -0.1) is 22.7 Å². The van der Waals surface area contributed by atoms with Gasteiger partial charge in [0.1, 0.15) is 11.6 Å². The van der Waals surface area contributed by atoms with Crippen LogP contribution in [-0.2, 0) is 11.3 Å². The summed E-state index contributed by atoms with van der Waals surface area (Å²) >= 11 is 2.77. The lowest BCUT2D eigenvalue weighted by Gasteiger charge is -2.08. The topological polar surface area (TPSA) is 74.7 Å². The summed E-state index contributed by atoms with van der Waals surface area (Å²) in [6.45, 7) is 0.00412. The zero-order chi connectivity index (χ0) is 22.5. The molecule has 0 N–H and O–H groups in total. The maximum atomic E-state index is 12.7. The van der Waals surface area contributed by atoms with Crippen LogP contribution in [0.5, 0.6) is 11.5 Å². The number of esters is 1. The van der Waals surface area contributed by atoms with Gasteiger partial charge in [-0.1, -0.05) is 24.3 Å². The van der Waals surface area contributed by atoms with E-state index in [1.165, 1.54) is 22.7 Å². The summed E-state index contributed by atoms with van der Waals surface area (Å²) in [5, 5.41) is 4.43. The van der Waals surface area contributed by atoms with Crippen LogP contribution in [0.3, 0.4) is 0 Å². The van der Waals surface area contributed by atoms with E-state index in [1.54, 1.807) is 50.6 Å². The number of carbonyl (C=O) groups is 2. The number of aromatic nitrogens is 1. The highest BCUT2D eigenvalue weighted by molar-refractivity contribution is 7.13. The molecule has 0 amide bonds. The maximum Gasteiger partial charge on any atom is 0.339 e. The van der Waals surface area contributed by atoms with Crippen LogP contribution in [0, 0.1) is 0 Å². The zero-order valence-corrected chi connectivity index (χ0v) is 19.0. The van der Waals surface area contributed by atoms with Gasteiger partial charge < -0.3 is 14.2 Å². The van der Waals surface area contributed by atoms with Crippen molar-refractivity contribution in [2.24, 2.45) is 0 Å². The quantitative estimate of drug-likeness (QED) is 0.253. The number of thiophene rings is 1. The Labute approximate surface area is 193 Å². The number of hydrogen-bond donors (Lipinski definition) is 0. The first-order chi connectivity index (χ1) is 15.6. The summed E-state index contributed by atoms with van der Waals surface area (Å²) in [6.07, 6.45) is 0. The summed E-state index contributed by atoms with van der Waals surface area (Å²) < 4.78 is 16.1. The molecule has 0 saturated heterocycles. The van der Waals surface area contributed by atoms with E-state index in [0.29, 0.717) is 27.6 Å². The van der Waals surface area contributed by atoms with Crippen molar-refractivity contribution in [2.75, 3.05) is 14.2 Å². The van der Waals surface area contributed by atoms with Crippen molar-refractivity contribution in [1.29, 1.82) is 0 Å². The van der Waals surface area contributed by atoms with Crippen LogP contribution >= 0.6 is 22.7 Å².